The first-order valence-corrected chi connectivity index (χ1v) is 7.42. The fourth-order valence-corrected chi connectivity index (χ4v) is 2.80. The van der Waals surface area contributed by atoms with Gasteiger partial charge in [-0.2, -0.15) is 5.10 Å². The Morgan fingerprint density at radius 2 is 2.11 bits per heavy atom. The molecule has 0 saturated carbocycles. The van der Waals surface area contributed by atoms with Gasteiger partial charge in [-0.25, -0.2) is 0 Å². The largest absolute Gasteiger partial charge is 0.294 e. The van der Waals surface area contributed by atoms with Crippen molar-refractivity contribution in [1.82, 2.24) is 9.78 Å². The smallest absolute Gasteiger partial charge is 0.169 e. The zero-order chi connectivity index (χ0) is 14.0. The summed E-state index contributed by atoms with van der Waals surface area (Å²) in [4.78, 5) is 12.4. The molecule has 0 amide bonds. The Hall–Kier alpha value is -1.17. The van der Waals surface area contributed by atoms with Crippen LogP contribution in [0.5, 0.6) is 0 Å². The number of carbonyl (C=O) groups is 1. The summed E-state index contributed by atoms with van der Waals surface area (Å²) >= 11 is 2.24. The third kappa shape index (κ3) is 3.05. The second-order valence-corrected chi connectivity index (χ2v) is 5.71. The van der Waals surface area contributed by atoms with E-state index in [-0.39, 0.29) is 5.78 Å². The van der Waals surface area contributed by atoms with Crippen LogP contribution in [0, 0.1) is 17.4 Å². The Morgan fingerprint density at radius 3 is 2.79 bits per heavy atom. The van der Waals surface area contributed by atoms with Crippen LogP contribution in [0.25, 0.3) is 0 Å². The van der Waals surface area contributed by atoms with Crippen LogP contribution < -0.4 is 0 Å². The van der Waals surface area contributed by atoms with E-state index in [0.29, 0.717) is 6.42 Å². The van der Waals surface area contributed by atoms with E-state index in [4.69, 9.17) is 0 Å². The van der Waals surface area contributed by atoms with E-state index in [1.807, 2.05) is 49.7 Å². The van der Waals surface area contributed by atoms with E-state index in [1.54, 1.807) is 0 Å². The highest BCUT2D eigenvalue weighted by Gasteiger charge is 2.14. The van der Waals surface area contributed by atoms with Crippen LogP contribution >= 0.6 is 22.6 Å². The third-order valence-electron chi connectivity index (χ3n) is 3.12. The highest BCUT2D eigenvalue weighted by molar-refractivity contribution is 14.1. The number of aromatic nitrogens is 2. The summed E-state index contributed by atoms with van der Waals surface area (Å²) in [5.41, 5.74) is 3.90. The van der Waals surface area contributed by atoms with Gasteiger partial charge in [-0.05, 0) is 55.0 Å². The number of halogens is 1. The molecule has 0 aliphatic rings. The number of rotatable bonds is 4. The molecule has 0 aliphatic heterocycles. The lowest BCUT2D eigenvalue weighted by Gasteiger charge is -2.07. The molecule has 19 heavy (non-hydrogen) atoms. The summed E-state index contributed by atoms with van der Waals surface area (Å²) in [6.07, 6.45) is 0.411. The molecule has 0 bridgehead atoms. The van der Waals surface area contributed by atoms with Crippen molar-refractivity contribution in [2.45, 2.75) is 33.7 Å². The number of hydrogen-bond acceptors (Lipinski definition) is 2. The molecule has 2 aromatic rings. The molecule has 0 atom stereocenters. The van der Waals surface area contributed by atoms with E-state index >= 15 is 0 Å². The zero-order valence-electron chi connectivity index (χ0n) is 11.4. The van der Waals surface area contributed by atoms with Gasteiger partial charge in [0.05, 0.1) is 12.1 Å². The lowest BCUT2D eigenvalue weighted by molar-refractivity contribution is 0.0989. The van der Waals surface area contributed by atoms with Gasteiger partial charge in [-0.3, -0.25) is 9.48 Å². The van der Waals surface area contributed by atoms with Crippen LogP contribution in [-0.2, 0) is 13.0 Å². The van der Waals surface area contributed by atoms with Gasteiger partial charge >= 0.3 is 0 Å². The Kier molecular flexibility index (Phi) is 4.39. The molecular weight excluding hydrogens is 351 g/mol. The minimum absolute atomic E-state index is 0.155. The van der Waals surface area contributed by atoms with Crippen molar-refractivity contribution in [3.63, 3.8) is 0 Å². The average Bonchev–Trinajstić information content (AvgIpc) is 2.72. The summed E-state index contributed by atoms with van der Waals surface area (Å²) in [5, 5.41) is 4.38. The van der Waals surface area contributed by atoms with E-state index in [2.05, 4.69) is 27.7 Å². The molecule has 0 fully saturated rings. The monoisotopic (exact) mass is 368 g/mol. The molecule has 4 heteroatoms. The van der Waals surface area contributed by atoms with Crippen molar-refractivity contribution < 1.29 is 4.79 Å². The standard InChI is InChI=1S/C15H17IN2O/c1-4-18-12(8-11(3)17-18)9-14(19)13-7-5-6-10(2)15(13)16/h5-8H,4,9H2,1-3H3. The van der Waals surface area contributed by atoms with Crippen LogP contribution in [-0.4, -0.2) is 15.6 Å². The van der Waals surface area contributed by atoms with Crippen molar-refractivity contribution in [1.29, 1.82) is 0 Å². The van der Waals surface area contributed by atoms with Crippen molar-refractivity contribution in [2.75, 3.05) is 0 Å². The highest BCUT2D eigenvalue weighted by atomic mass is 127. The predicted molar refractivity (Wildman–Crippen MR) is 84.6 cm³/mol. The van der Waals surface area contributed by atoms with Gasteiger partial charge in [0.15, 0.2) is 5.78 Å². The zero-order valence-corrected chi connectivity index (χ0v) is 13.6. The molecule has 0 unspecified atom stereocenters. The second kappa shape index (κ2) is 5.86. The van der Waals surface area contributed by atoms with Gasteiger partial charge in [-0.15, -0.1) is 0 Å². The third-order valence-corrected chi connectivity index (χ3v) is 4.55. The van der Waals surface area contributed by atoms with Crippen molar-refractivity contribution in [2.24, 2.45) is 0 Å². The number of nitrogens with zero attached hydrogens (tertiary/aromatic N) is 2. The SMILES string of the molecule is CCn1nc(C)cc1CC(=O)c1cccc(C)c1I. The summed E-state index contributed by atoms with van der Waals surface area (Å²) in [7, 11) is 0. The van der Waals surface area contributed by atoms with Gasteiger partial charge in [0.2, 0.25) is 0 Å². The lowest BCUT2D eigenvalue weighted by atomic mass is 10.0. The van der Waals surface area contributed by atoms with E-state index in [0.717, 1.165) is 32.6 Å². The number of aryl methyl sites for hydroxylation is 3. The summed E-state index contributed by atoms with van der Waals surface area (Å²) in [5.74, 6) is 0.155. The Morgan fingerprint density at radius 1 is 1.37 bits per heavy atom. The predicted octanol–water partition coefficient (Wildman–Crippen LogP) is 3.55. The Labute approximate surface area is 127 Å². The van der Waals surface area contributed by atoms with Crippen LogP contribution in [0.4, 0.5) is 0 Å². The Balaban J connectivity index is 2.28. The molecule has 2 rings (SSSR count). The van der Waals surface area contributed by atoms with E-state index in [9.17, 15) is 4.79 Å². The maximum Gasteiger partial charge on any atom is 0.169 e. The minimum Gasteiger partial charge on any atom is -0.294 e. The van der Waals surface area contributed by atoms with Gasteiger partial charge < -0.3 is 0 Å². The molecule has 1 heterocycles. The second-order valence-electron chi connectivity index (χ2n) is 4.63. The molecule has 100 valence electrons. The molecule has 0 N–H and O–H groups in total. The number of ketones is 1. The summed E-state index contributed by atoms with van der Waals surface area (Å²) in [6, 6.07) is 7.85. The number of hydrogen-bond donors (Lipinski definition) is 0. The topological polar surface area (TPSA) is 34.9 Å². The van der Waals surface area contributed by atoms with Crippen molar-refractivity contribution >= 4 is 28.4 Å². The van der Waals surface area contributed by atoms with Gasteiger partial charge in [-0.1, -0.05) is 18.2 Å². The summed E-state index contributed by atoms with van der Waals surface area (Å²) < 4.78 is 2.94. The van der Waals surface area contributed by atoms with Gasteiger partial charge in [0.1, 0.15) is 0 Å². The maximum absolute atomic E-state index is 12.4. The fourth-order valence-electron chi connectivity index (χ4n) is 2.14. The first-order chi connectivity index (χ1) is 9.02. The van der Waals surface area contributed by atoms with E-state index in [1.165, 1.54) is 0 Å². The molecule has 1 aromatic carbocycles. The first-order valence-electron chi connectivity index (χ1n) is 6.34. The lowest BCUT2D eigenvalue weighted by Crippen LogP contribution is -2.11. The quantitative estimate of drug-likeness (QED) is 0.611. The number of benzene rings is 1. The van der Waals surface area contributed by atoms with Crippen LogP contribution in [0.2, 0.25) is 0 Å². The maximum atomic E-state index is 12.4. The number of carbonyl (C=O) groups excluding carboxylic acids is 1. The molecule has 0 spiro atoms. The molecule has 3 nitrogen and oxygen atoms in total. The minimum atomic E-state index is 0.155. The average molecular weight is 368 g/mol. The van der Waals surface area contributed by atoms with Crippen LogP contribution in [0.1, 0.15) is 34.2 Å². The normalized spacial score (nSPS) is 10.7. The van der Waals surface area contributed by atoms with Crippen LogP contribution in [0.15, 0.2) is 24.3 Å². The molecule has 0 saturated heterocycles. The fraction of sp³-hybridized carbons (Fsp3) is 0.333. The van der Waals surface area contributed by atoms with Crippen LogP contribution in [0.3, 0.4) is 0 Å². The molecular formula is C15H17IN2O. The molecule has 0 aliphatic carbocycles. The number of Topliss-reactive ketones (excluding diaryl/α,β-unsaturated/α-hetero) is 1. The van der Waals surface area contributed by atoms with Gasteiger partial charge in [0.25, 0.3) is 0 Å². The molecule has 0 radical (unpaired) electrons. The van der Waals surface area contributed by atoms with Crippen molar-refractivity contribution in [3.05, 3.63) is 50.4 Å². The van der Waals surface area contributed by atoms with Crippen molar-refractivity contribution in [3.8, 4) is 0 Å². The Bertz CT molecular complexity index is 617. The first kappa shape index (κ1) is 14.2. The van der Waals surface area contributed by atoms with Gasteiger partial charge in [0, 0.05) is 21.4 Å². The highest BCUT2D eigenvalue weighted by Crippen LogP contribution is 2.19. The summed E-state index contributed by atoms with van der Waals surface area (Å²) in [6.45, 7) is 6.81. The molecule has 1 aromatic heterocycles. The van der Waals surface area contributed by atoms with E-state index < -0.39 is 0 Å².